The molecule has 0 saturated heterocycles. The van der Waals surface area contributed by atoms with E-state index in [1.165, 1.54) is 0 Å². The second-order valence-corrected chi connectivity index (χ2v) is 4.50. The molecule has 0 aromatic carbocycles. The number of carbonyl (C=O) groups excluding carboxylic acids is 2. The quantitative estimate of drug-likeness (QED) is 0.547. The van der Waals surface area contributed by atoms with Crippen LogP contribution in [0.15, 0.2) is 0 Å². The fraction of sp³-hybridized carbons (Fsp3) is 0.800. The van der Waals surface area contributed by atoms with Crippen LogP contribution in [0.2, 0.25) is 0 Å². The summed E-state index contributed by atoms with van der Waals surface area (Å²) in [4.78, 5) is 23.2. The summed E-state index contributed by atoms with van der Waals surface area (Å²) in [5, 5.41) is 0. The largest absolute Gasteiger partial charge is 0.299 e. The van der Waals surface area contributed by atoms with Gasteiger partial charge < -0.3 is 0 Å². The van der Waals surface area contributed by atoms with E-state index in [0.29, 0.717) is 18.0 Å². The van der Waals surface area contributed by atoms with Gasteiger partial charge in [-0.2, -0.15) is 0 Å². The highest BCUT2D eigenvalue weighted by atomic mass is 16.1. The van der Waals surface area contributed by atoms with Gasteiger partial charge in [0, 0.05) is 23.7 Å². The molecule has 66 valence electrons. The van der Waals surface area contributed by atoms with Crippen molar-refractivity contribution >= 4 is 11.6 Å². The van der Waals surface area contributed by atoms with Gasteiger partial charge in [-0.25, -0.2) is 0 Å². The van der Waals surface area contributed by atoms with Gasteiger partial charge in [0.15, 0.2) is 0 Å². The molecule has 3 rings (SSSR count). The van der Waals surface area contributed by atoms with Crippen molar-refractivity contribution in [3.8, 4) is 0 Å². The lowest BCUT2D eigenvalue weighted by Crippen LogP contribution is -2.51. The predicted molar refractivity (Wildman–Crippen MR) is 44.6 cm³/mol. The number of hydrogen-bond donors (Lipinski definition) is 0. The summed E-state index contributed by atoms with van der Waals surface area (Å²) >= 11 is 0. The topological polar surface area (TPSA) is 34.1 Å². The molecule has 2 heteroatoms. The van der Waals surface area contributed by atoms with Crippen molar-refractivity contribution in [3.63, 3.8) is 0 Å². The second kappa shape index (κ2) is 2.18. The first kappa shape index (κ1) is 7.96. The Hall–Kier alpha value is -0.660. The average Bonchev–Trinajstić information content (AvgIpc) is 1.99. The standard InChI is InChI=1S/C10H14O2/c1-6-7-3-4-10(2,9(6)12)5-8(7)11/h6-7H,3-5H2,1-2H3. The molecule has 0 aromatic heterocycles. The van der Waals surface area contributed by atoms with Crippen molar-refractivity contribution in [2.24, 2.45) is 17.3 Å². The Kier molecular flexibility index (Phi) is 1.45. The van der Waals surface area contributed by atoms with Crippen LogP contribution in [0.5, 0.6) is 0 Å². The number of fused-ring (bicyclic) bond motifs is 3. The maximum Gasteiger partial charge on any atom is 0.142 e. The Labute approximate surface area is 72.3 Å². The minimum atomic E-state index is -0.300. The second-order valence-electron chi connectivity index (χ2n) is 4.50. The fourth-order valence-electron chi connectivity index (χ4n) is 2.71. The van der Waals surface area contributed by atoms with Crippen LogP contribution in [-0.4, -0.2) is 11.6 Å². The third-order valence-corrected chi connectivity index (χ3v) is 3.60. The van der Waals surface area contributed by atoms with Crippen molar-refractivity contribution < 1.29 is 9.59 Å². The van der Waals surface area contributed by atoms with Crippen molar-refractivity contribution in [3.05, 3.63) is 0 Å². The maximum absolute atomic E-state index is 11.7. The molecule has 0 N–H and O–H groups in total. The Balaban J connectivity index is 2.39. The molecular formula is C10H14O2. The van der Waals surface area contributed by atoms with Crippen LogP contribution in [0.3, 0.4) is 0 Å². The van der Waals surface area contributed by atoms with Crippen LogP contribution in [0, 0.1) is 17.3 Å². The predicted octanol–water partition coefficient (Wildman–Crippen LogP) is 1.58. The zero-order valence-corrected chi connectivity index (χ0v) is 7.59. The van der Waals surface area contributed by atoms with Gasteiger partial charge in [0.05, 0.1) is 0 Å². The highest BCUT2D eigenvalue weighted by Gasteiger charge is 2.52. The number of ketones is 2. The summed E-state index contributed by atoms with van der Waals surface area (Å²) in [6.45, 7) is 3.85. The van der Waals surface area contributed by atoms with Crippen molar-refractivity contribution in [2.75, 3.05) is 0 Å². The molecule has 3 fully saturated rings. The van der Waals surface area contributed by atoms with Crippen molar-refractivity contribution in [1.82, 2.24) is 0 Å². The molecule has 0 heterocycles. The summed E-state index contributed by atoms with van der Waals surface area (Å²) < 4.78 is 0. The van der Waals surface area contributed by atoms with Crippen LogP contribution >= 0.6 is 0 Å². The lowest BCUT2D eigenvalue weighted by molar-refractivity contribution is -0.153. The van der Waals surface area contributed by atoms with Crippen LogP contribution in [-0.2, 0) is 9.59 Å². The zero-order valence-electron chi connectivity index (χ0n) is 7.59. The van der Waals surface area contributed by atoms with Gasteiger partial charge in [-0.15, -0.1) is 0 Å². The van der Waals surface area contributed by atoms with Gasteiger partial charge in [0.1, 0.15) is 11.6 Å². The molecular weight excluding hydrogens is 152 g/mol. The Morgan fingerprint density at radius 2 is 2.08 bits per heavy atom. The monoisotopic (exact) mass is 166 g/mol. The molecule has 3 aliphatic rings. The van der Waals surface area contributed by atoms with Crippen LogP contribution in [0.1, 0.15) is 33.1 Å². The van der Waals surface area contributed by atoms with Crippen molar-refractivity contribution in [2.45, 2.75) is 33.1 Å². The van der Waals surface area contributed by atoms with E-state index in [1.54, 1.807) is 0 Å². The van der Waals surface area contributed by atoms with E-state index in [1.807, 2.05) is 13.8 Å². The molecule has 2 nitrogen and oxygen atoms in total. The number of carbonyl (C=O) groups is 2. The third-order valence-electron chi connectivity index (χ3n) is 3.60. The van der Waals surface area contributed by atoms with Gasteiger partial charge in [-0.3, -0.25) is 9.59 Å². The lowest BCUT2D eigenvalue weighted by Gasteiger charge is -2.45. The minimum Gasteiger partial charge on any atom is -0.299 e. The van der Waals surface area contributed by atoms with Gasteiger partial charge >= 0.3 is 0 Å². The van der Waals surface area contributed by atoms with Gasteiger partial charge in [-0.05, 0) is 12.8 Å². The summed E-state index contributed by atoms with van der Waals surface area (Å²) in [5.74, 6) is 0.679. The van der Waals surface area contributed by atoms with E-state index in [0.717, 1.165) is 12.8 Å². The molecule has 3 unspecified atom stereocenters. The molecule has 3 aliphatic carbocycles. The zero-order chi connectivity index (χ0) is 8.93. The molecule has 2 bridgehead atoms. The Morgan fingerprint density at radius 1 is 1.42 bits per heavy atom. The van der Waals surface area contributed by atoms with Crippen molar-refractivity contribution in [1.29, 1.82) is 0 Å². The molecule has 12 heavy (non-hydrogen) atoms. The molecule has 0 aromatic rings. The molecule has 0 radical (unpaired) electrons. The average molecular weight is 166 g/mol. The molecule has 3 atom stereocenters. The third kappa shape index (κ3) is 0.809. The number of rotatable bonds is 0. The normalized spacial score (nSPS) is 46.8. The van der Waals surface area contributed by atoms with E-state index in [4.69, 9.17) is 0 Å². The minimum absolute atomic E-state index is 0.00926. The number of Topliss-reactive ketones (excluding diaryl/α,β-unsaturated/α-hetero) is 2. The highest BCUT2D eigenvalue weighted by molar-refractivity contribution is 6.01. The SMILES string of the molecule is CC1C(=O)C2(C)CCC1C(=O)C2. The summed E-state index contributed by atoms with van der Waals surface area (Å²) in [6.07, 6.45) is 2.36. The van der Waals surface area contributed by atoms with Gasteiger partial charge in [-0.1, -0.05) is 13.8 Å². The molecule has 0 amide bonds. The van der Waals surface area contributed by atoms with E-state index < -0.39 is 0 Å². The summed E-state index contributed by atoms with van der Waals surface area (Å²) in [5.41, 5.74) is -0.300. The highest BCUT2D eigenvalue weighted by Crippen LogP contribution is 2.48. The van der Waals surface area contributed by atoms with E-state index >= 15 is 0 Å². The van der Waals surface area contributed by atoms with Crippen LogP contribution in [0.4, 0.5) is 0 Å². The van der Waals surface area contributed by atoms with Crippen LogP contribution in [0.25, 0.3) is 0 Å². The van der Waals surface area contributed by atoms with Gasteiger partial charge in [0.25, 0.3) is 0 Å². The first-order valence-corrected chi connectivity index (χ1v) is 4.62. The maximum atomic E-state index is 11.7. The first-order valence-electron chi connectivity index (χ1n) is 4.62. The summed E-state index contributed by atoms with van der Waals surface area (Å²) in [6, 6.07) is 0. The summed E-state index contributed by atoms with van der Waals surface area (Å²) in [7, 11) is 0. The number of hydrogen-bond acceptors (Lipinski definition) is 2. The fourth-order valence-corrected chi connectivity index (χ4v) is 2.71. The first-order chi connectivity index (χ1) is 5.54. The molecule has 3 saturated carbocycles. The molecule has 0 aliphatic heterocycles. The van der Waals surface area contributed by atoms with E-state index in [9.17, 15) is 9.59 Å². The smallest absolute Gasteiger partial charge is 0.142 e. The van der Waals surface area contributed by atoms with E-state index in [-0.39, 0.29) is 17.3 Å². The Morgan fingerprint density at radius 3 is 2.58 bits per heavy atom. The van der Waals surface area contributed by atoms with Gasteiger partial charge in [0.2, 0.25) is 0 Å². The molecule has 0 spiro atoms. The van der Waals surface area contributed by atoms with Crippen LogP contribution < -0.4 is 0 Å². The van der Waals surface area contributed by atoms with E-state index in [2.05, 4.69) is 0 Å². The lowest BCUT2D eigenvalue weighted by atomic mass is 9.56. The Bertz CT molecular complexity index is 257.